The third kappa shape index (κ3) is 2.29. The molecule has 0 aliphatic carbocycles. The first-order valence-corrected chi connectivity index (χ1v) is 3.89. The first-order chi connectivity index (χ1) is 6.67. The summed E-state index contributed by atoms with van der Waals surface area (Å²) >= 11 is 0. The van der Waals surface area contributed by atoms with Crippen molar-refractivity contribution >= 4 is 11.7 Å². The summed E-state index contributed by atoms with van der Waals surface area (Å²) in [5, 5.41) is 11.3. The molecule has 1 aromatic carbocycles. The maximum atomic E-state index is 10.4. The van der Waals surface area contributed by atoms with Gasteiger partial charge in [-0.1, -0.05) is 6.07 Å². The lowest BCUT2D eigenvalue weighted by Gasteiger charge is -2.03. The van der Waals surface area contributed by atoms with Gasteiger partial charge in [0.2, 0.25) is 0 Å². The smallest absolute Gasteiger partial charge is 0.307 e. The molecular weight excluding hydrogens is 186 g/mol. The third-order valence-electron chi connectivity index (χ3n) is 1.70. The van der Waals surface area contributed by atoms with Crippen molar-refractivity contribution in [3.05, 3.63) is 28.7 Å². The number of hydrogen-bond donors (Lipinski definition) is 1. The number of carboxylic acid groups (broad SMARTS) is 1. The van der Waals surface area contributed by atoms with Crippen LogP contribution in [0.1, 0.15) is 5.56 Å². The van der Waals surface area contributed by atoms with Gasteiger partial charge in [0.1, 0.15) is 11.4 Å². The van der Waals surface area contributed by atoms with Gasteiger partial charge in [-0.05, 0) is 22.9 Å². The number of ether oxygens (including phenoxy) is 1. The number of methoxy groups -OCH3 is 1. The molecule has 14 heavy (non-hydrogen) atoms. The fourth-order valence-electron chi connectivity index (χ4n) is 1.09. The summed E-state index contributed by atoms with van der Waals surface area (Å²) in [7, 11) is 1.42. The largest absolute Gasteiger partial charge is 0.494 e. The first kappa shape index (κ1) is 10.2. The highest BCUT2D eigenvalue weighted by atomic mass is 16.5. The number of carbonyl (C=O) groups is 1. The Hall–Kier alpha value is -1.91. The van der Waals surface area contributed by atoms with Crippen LogP contribution in [-0.2, 0) is 11.2 Å². The normalized spacial score (nSPS) is 9.50. The quantitative estimate of drug-likeness (QED) is 0.742. The number of nitroso groups, excluding NO2 is 1. The van der Waals surface area contributed by atoms with Crippen LogP contribution >= 0.6 is 0 Å². The Balaban J connectivity index is 3.01. The molecule has 0 amide bonds. The molecule has 1 aromatic rings. The summed E-state index contributed by atoms with van der Waals surface area (Å²) in [6, 6.07) is 4.51. The van der Waals surface area contributed by atoms with E-state index in [4.69, 9.17) is 9.84 Å². The average Bonchev–Trinajstić information content (AvgIpc) is 2.16. The summed E-state index contributed by atoms with van der Waals surface area (Å²) < 4.78 is 4.86. The van der Waals surface area contributed by atoms with Gasteiger partial charge in [0.05, 0.1) is 13.5 Å². The van der Waals surface area contributed by atoms with E-state index < -0.39 is 5.97 Å². The van der Waals surface area contributed by atoms with Crippen LogP contribution in [0.3, 0.4) is 0 Å². The van der Waals surface area contributed by atoms with E-state index >= 15 is 0 Å². The van der Waals surface area contributed by atoms with E-state index in [2.05, 4.69) is 5.18 Å². The Morgan fingerprint density at radius 3 is 2.79 bits per heavy atom. The van der Waals surface area contributed by atoms with E-state index in [1.165, 1.54) is 19.2 Å². The van der Waals surface area contributed by atoms with Gasteiger partial charge in [-0.2, -0.15) is 0 Å². The topological polar surface area (TPSA) is 76.0 Å². The predicted molar refractivity (Wildman–Crippen MR) is 49.8 cm³/mol. The molecule has 0 saturated heterocycles. The van der Waals surface area contributed by atoms with E-state index in [0.29, 0.717) is 11.3 Å². The van der Waals surface area contributed by atoms with E-state index in [1.807, 2.05) is 0 Å². The Labute approximate surface area is 80.3 Å². The maximum Gasteiger partial charge on any atom is 0.307 e. The third-order valence-corrected chi connectivity index (χ3v) is 1.70. The van der Waals surface area contributed by atoms with E-state index in [9.17, 15) is 9.70 Å². The molecule has 0 unspecified atom stereocenters. The summed E-state index contributed by atoms with van der Waals surface area (Å²) in [5.74, 6) is -0.610. The molecule has 0 bridgehead atoms. The van der Waals surface area contributed by atoms with Gasteiger partial charge in [0.25, 0.3) is 0 Å². The van der Waals surface area contributed by atoms with Crippen LogP contribution in [0.5, 0.6) is 5.75 Å². The monoisotopic (exact) mass is 195 g/mol. The molecule has 5 nitrogen and oxygen atoms in total. The number of rotatable bonds is 4. The first-order valence-electron chi connectivity index (χ1n) is 3.89. The second-order valence-electron chi connectivity index (χ2n) is 2.67. The van der Waals surface area contributed by atoms with Gasteiger partial charge in [-0.3, -0.25) is 4.79 Å². The van der Waals surface area contributed by atoms with Crippen molar-refractivity contribution in [1.29, 1.82) is 0 Å². The molecule has 0 heterocycles. The predicted octanol–water partition coefficient (Wildman–Crippen LogP) is 1.72. The minimum atomic E-state index is -0.952. The summed E-state index contributed by atoms with van der Waals surface area (Å²) in [6.45, 7) is 0. The summed E-state index contributed by atoms with van der Waals surface area (Å²) in [6.07, 6.45) is -0.132. The molecule has 0 saturated carbocycles. The number of nitrogens with zero attached hydrogens (tertiary/aromatic N) is 1. The number of carboxylic acids is 1. The molecule has 74 valence electrons. The molecule has 1 N–H and O–H groups in total. The number of aliphatic carboxylic acids is 1. The highest BCUT2D eigenvalue weighted by molar-refractivity contribution is 5.71. The molecule has 0 radical (unpaired) electrons. The van der Waals surface area contributed by atoms with Gasteiger partial charge in [-0.15, -0.1) is 4.91 Å². The maximum absolute atomic E-state index is 10.4. The Morgan fingerprint density at radius 2 is 2.29 bits per heavy atom. The van der Waals surface area contributed by atoms with Crippen molar-refractivity contribution in [3.8, 4) is 5.75 Å². The molecule has 0 aromatic heterocycles. The molecular formula is C9H9NO4. The minimum Gasteiger partial charge on any atom is -0.494 e. The average molecular weight is 195 g/mol. The molecule has 1 rings (SSSR count). The van der Waals surface area contributed by atoms with Crippen LogP contribution in [0.4, 0.5) is 5.69 Å². The van der Waals surface area contributed by atoms with Crippen molar-refractivity contribution in [2.75, 3.05) is 7.11 Å². The Morgan fingerprint density at radius 1 is 1.57 bits per heavy atom. The van der Waals surface area contributed by atoms with Crippen LogP contribution in [0.2, 0.25) is 0 Å². The standard InChI is InChI=1S/C9H9NO4/c1-14-8-3-2-6(5-9(11)12)4-7(8)10-13/h2-4H,5H2,1H3,(H,11,12). The van der Waals surface area contributed by atoms with Crippen molar-refractivity contribution in [2.24, 2.45) is 5.18 Å². The van der Waals surface area contributed by atoms with Gasteiger partial charge in [0, 0.05) is 0 Å². The highest BCUT2D eigenvalue weighted by Gasteiger charge is 2.06. The lowest BCUT2D eigenvalue weighted by molar-refractivity contribution is -0.136. The van der Waals surface area contributed by atoms with Crippen molar-refractivity contribution < 1.29 is 14.6 Å². The molecule has 0 aliphatic rings. The van der Waals surface area contributed by atoms with Crippen LogP contribution in [-0.4, -0.2) is 18.2 Å². The summed E-state index contributed by atoms with van der Waals surface area (Å²) in [5.41, 5.74) is 0.638. The second kappa shape index (κ2) is 4.36. The SMILES string of the molecule is COc1ccc(CC(=O)O)cc1N=O. The van der Waals surface area contributed by atoms with E-state index in [0.717, 1.165) is 0 Å². The fraction of sp³-hybridized carbons (Fsp3) is 0.222. The number of benzene rings is 1. The van der Waals surface area contributed by atoms with Crippen molar-refractivity contribution in [2.45, 2.75) is 6.42 Å². The van der Waals surface area contributed by atoms with Crippen LogP contribution in [0, 0.1) is 4.91 Å². The molecule has 0 aliphatic heterocycles. The van der Waals surface area contributed by atoms with Crippen molar-refractivity contribution in [3.63, 3.8) is 0 Å². The molecule has 5 heteroatoms. The van der Waals surface area contributed by atoms with Crippen LogP contribution in [0.15, 0.2) is 23.4 Å². The zero-order chi connectivity index (χ0) is 10.6. The minimum absolute atomic E-state index is 0.117. The lowest BCUT2D eigenvalue weighted by atomic mass is 10.1. The lowest BCUT2D eigenvalue weighted by Crippen LogP contribution is -1.99. The highest BCUT2D eigenvalue weighted by Crippen LogP contribution is 2.28. The zero-order valence-corrected chi connectivity index (χ0v) is 7.56. The van der Waals surface area contributed by atoms with Gasteiger partial charge in [0.15, 0.2) is 0 Å². The Kier molecular flexibility index (Phi) is 3.17. The second-order valence-corrected chi connectivity index (χ2v) is 2.67. The van der Waals surface area contributed by atoms with Gasteiger partial charge >= 0.3 is 5.97 Å². The summed E-state index contributed by atoms with van der Waals surface area (Å²) in [4.78, 5) is 20.7. The molecule has 0 atom stereocenters. The molecule has 0 fully saturated rings. The molecule has 0 spiro atoms. The Bertz CT molecular complexity index is 362. The van der Waals surface area contributed by atoms with Crippen LogP contribution in [0.25, 0.3) is 0 Å². The van der Waals surface area contributed by atoms with E-state index in [-0.39, 0.29) is 12.1 Å². The van der Waals surface area contributed by atoms with Gasteiger partial charge in [-0.25, -0.2) is 0 Å². The van der Waals surface area contributed by atoms with Crippen LogP contribution < -0.4 is 4.74 Å². The number of hydrogen-bond acceptors (Lipinski definition) is 4. The van der Waals surface area contributed by atoms with Gasteiger partial charge < -0.3 is 9.84 Å². The zero-order valence-electron chi connectivity index (χ0n) is 7.56. The fourth-order valence-corrected chi connectivity index (χ4v) is 1.09. The van der Waals surface area contributed by atoms with E-state index in [1.54, 1.807) is 6.07 Å². The van der Waals surface area contributed by atoms with Crippen molar-refractivity contribution in [1.82, 2.24) is 0 Å².